The fourth-order valence-corrected chi connectivity index (χ4v) is 3.47. The van der Waals surface area contributed by atoms with E-state index in [1.165, 1.54) is 11.1 Å². The molecule has 0 aliphatic heterocycles. The molecule has 0 radical (unpaired) electrons. The molecule has 2 aromatic carbocycles. The molecule has 2 atom stereocenters. The van der Waals surface area contributed by atoms with Crippen LogP contribution in [0, 0.1) is 19.8 Å². The predicted molar refractivity (Wildman–Crippen MR) is 116 cm³/mol. The highest BCUT2D eigenvalue weighted by Gasteiger charge is 2.24. The first kappa shape index (κ1) is 23.4. The molecule has 0 amide bonds. The van der Waals surface area contributed by atoms with Gasteiger partial charge in [0.15, 0.2) is 0 Å². The number of carboxylic acid groups (broad SMARTS) is 2. The summed E-state index contributed by atoms with van der Waals surface area (Å²) in [6.45, 7) is 8.43. The number of hydrogen-bond acceptors (Lipinski definition) is 4. The second kappa shape index (κ2) is 10.8. The first-order valence-electron chi connectivity index (χ1n) is 10.1. The van der Waals surface area contributed by atoms with Crippen molar-refractivity contribution in [3.05, 3.63) is 64.7 Å². The van der Waals surface area contributed by atoms with Gasteiger partial charge in [-0.1, -0.05) is 55.3 Å². The number of aliphatic carboxylic acids is 2. The minimum absolute atomic E-state index is 0.0434. The largest absolute Gasteiger partial charge is 0.489 e. The van der Waals surface area contributed by atoms with Crippen molar-refractivity contribution in [2.75, 3.05) is 6.54 Å². The highest BCUT2D eigenvalue weighted by molar-refractivity contribution is 5.77. The Morgan fingerprint density at radius 1 is 0.967 bits per heavy atom. The lowest BCUT2D eigenvalue weighted by molar-refractivity contribution is -0.142. The molecule has 0 aliphatic rings. The Hall–Kier alpha value is -2.86. The van der Waals surface area contributed by atoms with Crippen molar-refractivity contribution in [1.82, 2.24) is 5.32 Å². The van der Waals surface area contributed by atoms with Crippen molar-refractivity contribution in [2.24, 2.45) is 5.92 Å². The van der Waals surface area contributed by atoms with Crippen LogP contribution in [0.5, 0.6) is 5.75 Å². The fraction of sp³-hybridized carbons (Fsp3) is 0.417. The average Bonchev–Trinajstić information content (AvgIpc) is 2.65. The van der Waals surface area contributed by atoms with E-state index >= 15 is 0 Å². The van der Waals surface area contributed by atoms with E-state index in [9.17, 15) is 19.8 Å². The smallest absolute Gasteiger partial charge is 0.320 e. The lowest BCUT2D eigenvalue weighted by atomic mass is 9.97. The summed E-state index contributed by atoms with van der Waals surface area (Å²) in [5.41, 5.74) is 4.03. The quantitative estimate of drug-likeness (QED) is 0.512. The van der Waals surface area contributed by atoms with Crippen molar-refractivity contribution in [3.63, 3.8) is 0 Å². The van der Waals surface area contributed by atoms with Crippen LogP contribution in [-0.2, 0) is 16.2 Å². The minimum atomic E-state index is -1.000. The van der Waals surface area contributed by atoms with Crippen molar-refractivity contribution < 1.29 is 24.5 Å². The van der Waals surface area contributed by atoms with Gasteiger partial charge in [-0.2, -0.15) is 0 Å². The van der Waals surface area contributed by atoms with Gasteiger partial charge in [-0.05, 0) is 49.4 Å². The minimum Gasteiger partial charge on any atom is -0.489 e. The third kappa shape index (κ3) is 7.19. The molecule has 0 fully saturated rings. The van der Waals surface area contributed by atoms with Gasteiger partial charge in [-0.3, -0.25) is 9.59 Å². The number of nitrogens with one attached hydrogen (secondary N) is 1. The zero-order valence-electron chi connectivity index (χ0n) is 18.0. The van der Waals surface area contributed by atoms with Crippen LogP contribution in [0.1, 0.15) is 48.4 Å². The number of benzene rings is 2. The lowest BCUT2D eigenvalue weighted by Crippen LogP contribution is -2.41. The van der Waals surface area contributed by atoms with Gasteiger partial charge >= 0.3 is 11.9 Å². The van der Waals surface area contributed by atoms with Gasteiger partial charge in [0.05, 0.1) is 5.92 Å². The van der Waals surface area contributed by atoms with Crippen molar-refractivity contribution in [1.29, 1.82) is 0 Å². The summed E-state index contributed by atoms with van der Waals surface area (Å²) < 4.78 is 5.83. The molecule has 162 valence electrons. The fourth-order valence-electron chi connectivity index (χ4n) is 3.47. The summed E-state index contributed by atoms with van der Waals surface area (Å²) in [5, 5.41) is 21.8. The molecule has 3 N–H and O–H groups in total. The monoisotopic (exact) mass is 413 g/mol. The lowest BCUT2D eigenvalue weighted by Gasteiger charge is -2.20. The molecule has 2 aromatic rings. The molecule has 6 heteroatoms. The molecule has 0 heterocycles. The number of hydrogen-bond donors (Lipinski definition) is 3. The molecule has 30 heavy (non-hydrogen) atoms. The zero-order valence-corrected chi connectivity index (χ0v) is 18.0. The maximum absolute atomic E-state index is 11.7. The van der Waals surface area contributed by atoms with E-state index in [0.29, 0.717) is 24.3 Å². The number of ether oxygens (including phenoxy) is 1. The van der Waals surface area contributed by atoms with Gasteiger partial charge in [0, 0.05) is 6.54 Å². The molecule has 0 aromatic heterocycles. The summed E-state index contributed by atoms with van der Waals surface area (Å²) >= 11 is 0. The molecule has 2 rings (SSSR count). The standard InChI is InChI=1S/C24H31NO5/c1-15(2)9-22(24(28)29)25-13-21(23(26)27)19-5-7-20(8-6-19)30-14-18-11-16(3)10-17(4)12-18/h5-8,10-12,15,21-22,25H,9,13-14H2,1-4H3,(H,26,27)(H,28,29). The molecule has 0 aliphatic carbocycles. The van der Waals surface area contributed by atoms with Gasteiger partial charge in [0.25, 0.3) is 0 Å². The number of carboxylic acids is 2. The van der Waals surface area contributed by atoms with Crippen molar-refractivity contribution >= 4 is 11.9 Å². The Kier molecular flexibility index (Phi) is 8.42. The van der Waals surface area contributed by atoms with Crippen LogP contribution in [0.25, 0.3) is 0 Å². The first-order chi connectivity index (χ1) is 14.2. The van der Waals surface area contributed by atoms with Gasteiger partial charge in [0.2, 0.25) is 0 Å². The SMILES string of the molecule is Cc1cc(C)cc(COc2ccc(C(CNC(CC(C)C)C(=O)O)C(=O)O)cc2)c1. The van der Waals surface area contributed by atoms with Gasteiger partial charge in [-0.15, -0.1) is 0 Å². The third-order valence-electron chi connectivity index (χ3n) is 4.84. The molecule has 6 nitrogen and oxygen atoms in total. The van der Waals surface area contributed by atoms with Gasteiger partial charge in [0.1, 0.15) is 18.4 Å². The van der Waals surface area contributed by atoms with E-state index in [4.69, 9.17) is 4.74 Å². The molecular formula is C24H31NO5. The maximum Gasteiger partial charge on any atom is 0.320 e. The van der Waals surface area contributed by atoms with Crippen LogP contribution >= 0.6 is 0 Å². The maximum atomic E-state index is 11.7. The number of rotatable bonds is 11. The zero-order chi connectivity index (χ0) is 22.3. The Labute approximate surface area is 177 Å². The van der Waals surface area contributed by atoms with E-state index in [1.54, 1.807) is 24.3 Å². The topological polar surface area (TPSA) is 95.9 Å². The van der Waals surface area contributed by atoms with E-state index in [0.717, 1.165) is 5.56 Å². The van der Waals surface area contributed by atoms with E-state index in [2.05, 4.69) is 23.5 Å². The van der Waals surface area contributed by atoms with E-state index < -0.39 is 23.9 Å². The van der Waals surface area contributed by atoms with Crippen LogP contribution in [0.15, 0.2) is 42.5 Å². The normalized spacial score (nSPS) is 13.1. The van der Waals surface area contributed by atoms with Crippen LogP contribution < -0.4 is 10.1 Å². The van der Waals surface area contributed by atoms with Crippen LogP contribution in [0.3, 0.4) is 0 Å². The van der Waals surface area contributed by atoms with Gasteiger partial charge < -0.3 is 20.3 Å². The summed E-state index contributed by atoms with van der Waals surface area (Å²) in [5.74, 6) is -1.97. The third-order valence-corrected chi connectivity index (χ3v) is 4.84. The summed E-state index contributed by atoms with van der Waals surface area (Å²) in [7, 11) is 0. The summed E-state index contributed by atoms with van der Waals surface area (Å²) in [6.07, 6.45) is 0.437. The summed E-state index contributed by atoms with van der Waals surface area (Å²) in [4.78, 5) is 23.1. The van der Waals surface area contributed by atoms with Crippen LogP contribution in [-0.4, -0.2) is 34.7 Å². The molecule has 0 bridgehead atoms. The van der Waals surface area contributed by atoms with Crippen LogP contribution in [0.4, 0.5) is 0 Å². The highest BCUT2D eigenvalue weighted by Crippen LogP contribution is 2.21. The highest BCUT2D eigenvalue weighted by atomic mass is 16.5. The first-order valence-corrected chi connectivity index (χ1v) is 10.1. The number of aryl methyl sites for hydroxylation is 2. The van der Waals surface area contributed by atoms with E-state index in [-0.39, 0.29) is 12.5 Å². The second-order valence-electron chi connectivity index (χ2n) is 8.17. The Morgan fingerprint density at radius 3 is 2.07 bits per heavy atom. The molecule has 0 saturated heterocycles. The van der Waals surface area contributed by atoms with E-state index in [1.807, 2.05) is 27.7 Å². The second-order valence-corrected chi connectivity index (χ2v) is 8.17. The molecule has 0 spiro atoms. The average molecular weight is 414 g/mol. The molecule has 0 saturated carbocycles. The Bertz CT molecular complexity index is 840. The predicted octanol–water partition coefficient (Wildman–Crippen LogP) is 4.14. The van der Waals surface area contributed by atoms with Crippen molar-refractivity contribution in [2.45, 2.75) is 52.7 Å². The Morgan fingerprint density at radius 2 is 1.57 bits per heavy atom. The van der Waals surface area contributed by atoms with Crippen molar-refractivity contribution in [3.8, 4) is 5.75 Å². The molecule has 2 unspecified atom stereocenters. The Balaban J connectivity index is 2.02. The molecular weight excluding hydrogens is 382 g/mol. The summed E-state index contributed by atoms with van der Waals surface area (Å²) in [6, 6.07) is 12.4. The van der Waals surface area contributed by atoms with Gasteiger partial charge in [-0.25, -0.2) is 0 Å². The van der Waals surface area contributed by atoms with Crippen LogP contribution in [0.2, 0.25) is 0 Å². The number of carbonyl (C=O) groups is 2.